The number of carbonyl (C=O) groups is 2. The van der Waals surface area contributed by atoms with Crippen molar-refractivity contribution in [2.45, 2.75) is 39.4 Å². The lowest BCUT2D eigenvalue weighted by molar-refractivity contribution is -0.139. The van der Waals surface area contributed by atoms with Gasteiger partial charge in [-0.15, -0.1) is 11.8 Å². The van der Waals surface area contributed by atoms with E-state index in [1.807, 2.05) is 0 Å². The first-order valence-corrected chi connectivity index (χ1v) is 7.07. The molecule has 0 aromatic heterocycles. The Labute approximate surface area is 108 Å². The van der Waals surface area contributed by atoms with Crippen LogP contribution in [-0.4, -0.2) is 36.0 Å². The van der Waals surface area contributed by atoms with E-state index in [9.17, 15) is 9.59 Å². The van der Waals surface area contributed by atoms with E-state index < -0.39 is 0 Å². The van der Waals surface area contributed by atoms with Crippen LogP contribution < -0.4 is 5.32 Å². The first-order chi connectivity index (χ1) is 7.97. The van der Waals surface area contributed by atoms with Crippen LogP contribution in [0.3, 0.4) is 0 Å². The van der Waals surface area contributed by atoms with Gasteiger partial charge in [0, 0.05) is 6.54 Å². The number of thioether (sulfide) groups is 1. The van der Waals surface area contributed by atoms with E-state index in [-0.39, 0.29) is 22.9 Å². The highest BCUT2D eigenvalue weighted by atomic mass is 32.2. The first kappa shape index (κ1) is 16.3. The van der Waals surface area contributed by atoms with Crippen molar-refractivity contribution in [3.63, 3.8) is 0 Å². The van der Waals surface area contributed by atoms with Gasteiger partial charge in [-0.2, -0.15) is 0 Å². The van der Waals surface area contributed by atoms with Crippen LogP contribution in [0.15, 0.2) is 0 Å². The van der Waals surface area contributed by atoms with E-state index >= 15 is 0 Å². The average Bonchev–Trinajstić information content (AvgIpc) is 2.25. The molecule has 17 heavy (non-hydrogen) atoms. The van der Waals surface area contributed by atoms with Crippen molar-refractivity contribution in [1.82, 2.24) is 5.32 Å². The normalized spacial score (nSPS) is 12.3. The van der Waals surface area contributed by atoms with Gasteiger partial charge in [-0.05, 0) is 26.2 Å². The van der Waals surface area contributed by atoms with E-state index in [1.54, 1.807) is 13.8 Å². The molecule has 0 aliphatic heterocycles. The number of amides is 1. The van der Waals surface area contributed by atoms with E-state index in [0.717, 1.165) is 6.42 Å². The second-order valence-corrected chi connectivity index (χ2v) is 5.56. The van der Waals surface area contributed by atoms with Crippen LogP contribution in [0, 0.1) is 5.92 Å². The Morgan fingerprint density at radius 3 is 2.47 bits per heavy atom. The maximum absolute atomic E-state index is 11.6. The van der Waals surface area contributed by atoms with Crippen LogP contribution in [0.25, 0.3) is 0 Å². The topological polar surface area (TPSA) is 55.4 Å². The molecule has 0 aromatic carbocycles. The molecule has 4 nitrogen and oxygen atoms in total. The minimum atomic E-state index is -0.265. The Morgan fingerprint density at radius 1 is 1.29 bits per heavy atom. The van der Waals surface area contributed by atoms with Crippen LogP contribution in [-0.2, 0) is 14.3 Å². The average molecular weight is 261 g/mol. The summed E-state index contributed by atoms with van der Waals surface area (Å²) >= 11 is 1.30. The molecule has 0 saturated heterocycles. The van der Waals surface area contributed by atoms with Crippen LogP contribution >= 0.6 is 11.8 Å². The summed E-state index contributed by atoms with van der Waals surface area (Å²) in [5.41, 5.74) is 0. The van der Waals surface area contributed by atoms with Gasteiger partial charge in [0.2, 0.25) is 5.91 Å². The molecule has 100 valence electrons. The van der Waals surface area contributed by atoms with Crippen molar-refractivity contribution in [3.8, 4) is 0 Å². The molecule has 0 aliphatic carbocycles. The highest BCUT2D eigenvalue weighted by Gasteiger charge is 2.15. The summed E-state index contributed by atoms with van der Waals surface area (Å²) in [7, 11) is 0. The molecule has 0 rings (SSSR count). The van der Waals surface area contributed by atoms with E-state index in [0.29, 0.717) is 19.1 Å². The Balaban J connectivity index is 3.70. The molecular formula is C12H23NO3S. The van der Waals surface area contributed by atoms with Crippen LogP contribution in [0.2, 0.25) is 0 Å². The Morgan fingerprint density at radius 2 is 1.94 bits per heavy atom. The molecule has 1 amide bonds. The smallest absolute Gasteiger partial charge is 0.315 e. The summed E-state index contributed by atoms with van der Waals surface area (Å²) in [5, 5.41) is 2.64. The Kier molecular flexibility index (Phi) is 8.94. The Bertz CT molecular complexity index is 244. The van der Waals surface area contributed by atoms with Gasteiger partial charge in [0.15, 0.2) is 0 Å². The molecule has 1 N–H and O–H groups in total. The summed E-state index contributed by atoms with van der Waals surface area (Å²) in [6.07, 6.45) is 0.973. The lowest BCUT2D eigenvalue weighted by Gasteiger charge is -2.12. The van der Waals surface area contributed by atoms with Gasteiger partial charge in [0.1, 0.15) is 0 Å². The summed E-state index contributed by atoms with van der Waals surface area (Å²) < 4.78 is 4.79. The van der Waals surface area contributed by atoms with Crippen molar-refractivity contribution in [2.24, 2.45) is 5.92 Å². The molecule has 0 spiro atoms. The van der Waals surface area contributed by atoms with E-state index in [1.165, 1.54) is 11.8 Å². The zero-order valence-corrected chi connectivity index (χ0v) is 11.9. The van der Waals surface area contributed by atoms with Crippen molar-refractivity contribution < 1.29 is 14.3 Å². The van der Waals surface area contributed by atoms with Crippen molar-refractivity contribution in [1.29, 1.82) is 0 Å². The maximum Gasteiger partial charge on any atom is 0.315 e. The molecule has 0 saturated carbocycles. The summed E-state index contributed by atoms with van der Waals surface area (Å²) in [5.74, 6) is 0.532. The summed E-state index contributed by atoms with van der Waals surface area (Å²) in [4.78, 5) is 22.7. The fraction of sp³-hybridized carbons (Fsp3) is 0.833. The summed E-state index contributed by atoms with van der Waals surface area (Å²) in [6.45, 7) is 8.88. The first-order valence-electron chi connectivity index (χ1n) is 6.02. The van der Waals surface area contributed by atoms with Gasteiger partial charge in [-0.25, -0.2) is 0 Å². The van der Waals surface area contributed by atoms with Gasteiger partial charge in [-0.1, -0.05) is 13.8 Å². The van der Waals surface area contributed by atoms with Crippen LogP contribution in [0.1, 0.15) is 34.1 Å². The maximum atomic E-state index is 11.6. The molecular weight excluding hydrogens is 238 g/mol. The third-order valence-electron chi connectivity index (χ3n) is 2.15. The van der Waals surface area contributed by atoms with Crippen LogP contribution in [0.4, 0.5) is 0 Å². The highest BCUT2D eigenvalue weighted by molar-refractivity contribution is 8.01. The van der Waals surface area contributed by atoms with Crippen molar-refractivity contribution in [3.05, 3.63) is 0 Å². The van der Waals surface area contributed by atoms with Gasteiger partial charge in [0.25, 0.3) is 0 Å². The third kappa shape index (κ3) is 9.03. The lowest BCUT2D eigenvalue weighted by Crippen LogP contribution is -2.32. The molecule has 0 fully saturated rings. The largest absolute Gasteiger partial charge is 0.465 e. The van der Waals surface area contributed by atoms with Crippen molar-refractivity contribution >= 4 is 23.6 Å². The molecule has 5 heteroatoms. The molecule has 0 bridgehead atoms. The standard InChI is InChI=1S/C12H23NO3S/c1-5-16-11(14)8-17-10(4)12(15)13-7-6-9(2)3/h9-10H,5-8H2,1-4H3,(H,13,15). The number of hydrogen-bond acceptors (Lipinski definition) is 4. The Hall–Kier alpha value is -0.710. The monoisotopic (exact) mass is 261 g/mol. The second kappa shape index (κ2) is 9.33. The molecule has 0 aliphatic rings. The lowest BCUT2D eigenvalue weighted by atomic mass is 10.1. The number of nitrogens with one attached hydrogen (secondary N) is 1. The van der Waals surface area contributed by atoms with E-state index in [2.05, 4.69) is 19.2 Å². The zero-order chi connectivity index (χ0) is 13.3. The zero-order valence-electron chi connectivity index (χ0n) is 11.1. The SMILES string of the molecule is CCOC(=O)CSC(C)C(=O)NCCC(C)C. The minimum Gasteiger partial charge on any atom is -0.465 e. The predicted octanol–water partition coefficient (Wildman–Crippen LogP) is 1.83. The van der Waals surface area contributed by atoms with Gasteiger partial charge in [-0.3, -0.25) is 9.59 Å². The van der Waals surface area contributed by atoms with E-state index in [4.69, 9.17) is 4.74 Å². The number of esters is 1. The van der Waals surface area contributed by atoms with Gasteiger partial charge in [0.05, 0.1) is 17.6 Å². The summed E-state index contributed by atoms with van der Waals surface area (Å²) in [6, 6.07) is 0. The molecule has 0 aromatic rings. The fourth-order valence-electron chi connectivity index (χ4n) is 1.10. The fourth-order valence-corrected chi connectivity index (χ4v) is 1.80. The number of rotatable bonds is 8. The van der Waals surface area contributed by atoms with Crippen molar-refractivity contribution in [2.75, 3.05) is 18.9 Å². The molecule has 1 atom stereocenters. The molecule has 1 unspecified atom stereocenters. The minimum absolute atomic E-state index is 0.0139. The third-order valence-corrected chi connectivity index (χ3v) is 3.26. The van der Waals surface area contributed by atoms with Crippen LogP contribution in [0.5, 0.6) is 0 Å². The van der Waals surface area contributed by atoms with Gasteiger partial charge < -0.3 is 10.1 Å². The highest BCUT2D eigenvalue weighted by Crippen LogP contribution is 2.10. The quantitative estimate of drug-likeness (QED) is 0.677. The molecule has 0 heterocycles. The number of carbonyl (C=O) groups excluding carboxylic acids is 2. The second-order valence-electron chi connectivity index (χ2n) is 4.23. The van der Waals surface area contributed by atoms with Gasteiger partial charge >= 0.3 is 5.97 Å². The molecule has 0 radical (unpaired) electrons. The number of ether oxygens (including phenoxy) is 1. The number of hydrogen-bond donors (Lipinski definition) is 1. The predicted molar refractivity (Wildman–Crippen MR) is 71.0 cm³/mol.